The highest BCUT2D eigenvalue weighted by Crippen LogP contribution is 2.41. The van der Waals surface area contributed by atoms with Crippen LogP contribution < -0.4 is 10.2 Å². The Morgan fingerprint density at radius 3 is 2.21 bits per heavy atom. The third kappa shape index (κ3) is 3.98. The molecule has 1 aromatic carbocycles. The second-order valence-corrected chi connectivity index (χ2v) is 12.7. The summed E-state index contributed by atoms with van der Waals surface area (Å²) in [5.41, 5.74) is -0.476. The van der Waals surface area contributed by atoms with E-state index >= 15 is 4.39 Å². The molecule has 0 radical (unpaired) electrons. The second-order valence-electron chi connectivity index (χ2n) is 10.7. The van der Waals surface area contributed by atoms with Gasteiger partial charge in [-0.2, -0.15) is 0 Å². The molecule has 2 aliphatic carbocycles. The Hall–Kier alpha value is -1.56. The third-order valence-electron chi connectivity index (χ3n) is 7.80. The number of alkyl halides is 2. The first-order chi connectivity index (χ1) is 15.8. The first-order valence-corrected chi connectivity index (χ1v) is 13.3. The molecule has 2 saturated carbocycles. The van der Waals surface area contributed by atoms with Gasteiger partial charge in [0.1, 0.15) is 11.9 Å². The molecule has 5 rings (SSSR count). The zero-order valence-electron chi connectivity index (χ0n) is 19.8. The predicted molar refractivity (Wildman–Crippen MR) is 124 cm³/mol. The van der Waals surface area contributed by atoms with E-state index in [0.29, 0.717) is 18.4 Å². The number of nitrogens with one attached hydrogen (secondary N) is 1. The van der Waals surface area contributed by atoms with E-state index in [9.17, 15) is 17.2 Å². The Morgan fingerprint density at radius 2 is 1.71 bits per heavy atom. The molecule has 1 saturated heterocycles. The normalized spacial score (nSPS) is 23.6. The molecule has 1 N–H and O–H groups in total. The zero-order valence-corrected chi connectivity index (χ0v) is 20.6. The van der Waals surface area contributed by atoms with Crippen LogP contribution in [0.3, 0.4) is 0 Å². The summed E-state index contributed by atoms with van der Waals surface area (Å²) in [6.45, 7) is 7.49. The predicted octanol–water partition coefficient (Wildman–Crippen LogP) is 4.19. The minimum atomic E-state index is -3.88. The summed E-state index contributed by atoms with van der Waals surface area (Å²) in [5, 5.41) is -0.367. The van der Waals surface area contributed by atoms with Gasteiger partial charge in [0.25, 0.3) is 6.43 Å². The van der Waals surface area contributed by atoms with Crippen molar-refractivity contribution in [3.05, 3.63) is 29.7 Å². The van der Waals surface area contributed by atoms with Crippen LogP contribution in [0.25, 0.3) is 10.9 Å². The highest BCUT2D eigenvalue weighted by Gasteiger charge is 2.52. The quantitative estimate of drug-likeness (QED) is 0.582. The van der Waals surface area contributed by atoms with E-state index in [-0.39, 0.29) is 22.5 Å². The number of hydrogen-bond acceptors (Lipinski definition) is 4. The van der Waals surface area contributed by atoms with E-state index in [1.54, 1.807) is 12.3 Å². The van der Waals surface area contributed by atoms with Gasteiger partial charge in [-0.1, -0.05) is 0 Å². The van der Waals surface area contributed by atoms with Crippen LogP contribution in [0.1, 0.15) is 77.4 Å². The number of hydrogen-bond donors (Lipinski definition) is 1. The van der Waals surface area contributed by atoms with Crippen molar-refractivity contribution in [2.24, 2.45) is 0 Å². The smallest absolute Gasteiger partial charge is 0.399 e. The van der Waals surface area contributed by atoms with Crippen LogP contribution in [0.5, 0.6) is 0 Å². The van der Waals surface area contributed by atoms with Crippen molar-refractivity contribution >= 4 is 33.5 Å². The molecule has 0 unspecified atom stereocenters. The molecule has 34 heavy (non-hydrogen) atoms. The lowest BCUT2D eigenvalue weighted by Crippen LogP contribution is -2.41. The molecule has 186 valence electrons. The lowest BCUT2D eigenvalue weighted by molar-refractivity contribution is 0.00578. The highest BCUT2D eigenvalue weighted by atomic mass is 32.2. The van der Waals surface area contributed by atoms with Gasteiger partial charge in [0.15, 0.2) is 0 Å². The number of fused-ring (bicyclic) bond motifs is 1. The van der Waals surface area contributed by atoms with E-state index in [2.05, 4.69) is 4.72 Å². The molecule has 1 aliphatic heterocycles. The summed E-state index contributed by atoms with van der Waals surface area (Å²) in [7, 11) is -4.82. The largest absolute Gasteiger partial charge is 0.497 e. The number of benzene rings is 1. The van der Waals surface area contributed by atoms with Crippen LogP contribution in [-0.2, 0) is 19.3 Å². The number of halogens is 3. The molecule has 0 amide bonds. The molecular formula is C23H30BF3N2O4S. The van der Waals surface area contributed by atoms with Crippen LogP contribution >= 0.6 is 0 Å². The van der Waals surface area contributed by atoms with E-state index in [1.807, 2.05) is 32.3 Å². The maximum absolute atomic E-state index is 15.4. The van der Waals surface area contributed by atoms with Crippen molar-refractivity contribution < 1.29 is 30.9 Å². The van der Waals surface area contributed by atoms with E-state index in [4.69, 9.17) is 9.31 Å². The summed E-state index contributed by atoms with van der Waals surface area (Å²) in [4.78, 5) is 0. The molecule has 2 heterocycles. The molecule has 1 aromatic heterocycles. The molecule has 3 aliphatic rings. The van der Waals surface area contributed by atoms with Gasteiger partial charge in [0.2, 0.25) is 10.0 Å². The summed E-state index contributed by atoms with van der Waals surface area (Å²) in [6, 6.07) is 1.15. The average Bonchev–Trinajstić information content (AvgIpc) is 3.44. The van der Waals surface area contributed by atoms with Gasteiger partial charge in [-0.3, -0.25) is 0 Å². The Balaban J connectivity index is 1.61. The van der Waals surface area contributed by atoms with Gasteiger partial charge in [0.05, 0.1) is 16.5 Å². The highest BCUT2D eigenvalue weighted by molar-refractivity contribution is 7.90. The van der Waals surface area contributed by atoms with Crippen molar-refractivity contribution in [1.82, 2.24) is 9.29 Å². The average molecular weight is 498 g/mol. The Morgan fingerprint density at radius 1 is 1.09 bits per heavy atom. The lowest BCUT2D eigenvalue weighted by atomic mass is 9.78. The molecular weight excluding hydrogens is 468 g/mol. The van der Waals surface area contributed by atoms with Crippen molar-refractivity contribution in [3.8, 4) is 0 Å². The number of sulfonamides is 1. The van der Waals surface area contributed by atoms with Crippen molar-refractivity contribution in [3.63, 3.8) is 0 Å². The second kappa shape index (κ2) is 7.98. The van der Waals surface area contributed by atoms with Crippen LogP contribution in [0.15, 0.2) is 18.3 Å². The first-order valence-electron chi connectivity index (χ1n) is 11.8. The van der Waals surface area contributed by atoms with E-state index in [1.165, 1.54) is 6.07 Å². The van der Waals surface area contributed by atoms with Crippen LogP contribution in [0, 0.1) is 5.82 Å². The first kappa shape index (κ1) is 24.2. The van der Waals surface area contributed by atoms with E-state index in [0.717, 1.165) is 19.3 Å². The third-order valence-corrected chi connectivity index (χ3v) is 9.73. The fourth-order valence-electron chi connectivity index (χ4n) is 4.58. The standard InChI is InChI=1S/C23H30BF3N2O4S/c1-22(2)23(3,4)33-24(32-22)17-11-19-15(10-18(17)25)16(12-29(19)13-6-5-7-13)20(21(26)27)28-34(30,31)14-8-9-14/h10-14,20-21,28H,5-9H2,1-4H3/t20-/m0/s1. The summed E-state index contributed by atoms with van der Waals surface area (Å²) in [6.07, 6.45) is 2.26. The monoisotopic (exact) mass is 498 g/mol. The molecule has 1 atom stereocenters. The summed E-state index contributed by atoms with van der Waals surface area (Å²) in [5.74, 6) is -0.642. The molecule has 0 bridgehead atoms. The number of nitrogens with zero attached hydrogens (tertiary/aromatic N) is 1. The lowest BCUT2D eigenvalue weighted by Gasteiger charge is -2.32. The summed E-state index contributed by atoms with van der Waals surface area (Å²) >= 11 is 0. The van der Waals surface area contributed by atoms with Gasteiger partial charge in [-0.05, 0) is 71.9 Å². The van der Waals surface area contributed by atoms with Crippen LogP contribution in [-0.4, -0.2) is 43.0 Å². The fraction of sp³-hybridized carbons (Fsp3) is 0.652. The van der Waals surface area contributed by atoms with Gasteiger partial charge in [-0.15, -0.1) is 0 Å². The van der Waals surface area contributed by atoms with Gasteiger partial charge in [-0.25, -0.2) is 26.3 Å². The number of rotatable bonds is 7. The molecule has 2 aromatic rings. The Kier molecular flexibility index (Phi) is 5.67. The zero-order chi connectivity index (χ0) is 24.6. The summed E-state index contributed by atoms with van der Waals surface area (Å²) < 4.78 is 84.8. The topological polar surface area (TPSA) is 69.6 Å². The maximum atomic E-state index is 15.4. The van der Waals surface area contributed by atoms with E-state index < -0.39 is 51.9 Å². The molecule has 11 heteroatoms. The van der Waals surface area contributed by atoms with Gasteiger partial charge in [0, 0.05) is 34.2 Å². The minimum absolute atomic E-state index is 0.0838. The van der Waals surface area contributed by atoms with Crippen LogP contribution in [0.4, 0.5) is 13.2 Å². The Bertz CT molecular complexity index is 1210. The maximum Gasteiger partial charge on any atom is 0.497 e. The van der Waals surface area contributed by atoms with Crippen molar-refractivity contribution in [2.45, 2.75) is 94.8 Å². The van der Waals surface area contributed by atoms with Crippen molar-refractivity contribution in [2.75, 3.05) is 0 Å². The van der Waals surface area contributed by atoms with Crippen molar-refractivity contribution in [1.29, 1.82) is 0 Å². The van der Waals surface area contributed by atoms with Gasteiger partial charge >= 0.3 is 7.12 Å². The fourth-order valence-corrected chi connectivity index (χ4v) is 6.11. The molecule has 3 fully saturated rings. The van der Waals surface area contributed by atoms with Crippen LogP contribution in [0.2, 0.25) is 0 Å². The minimum Gasteiger partial charge on any atom is -0.399 e. The van der Waals surface area contributed by atoms with Gasteiger partial charge < -0.3 is 13.9 Å². The Labute approximate surface area is 198 Å². The number of aromatic nitrogens is 1. The molecule has 6 nitrogen and oxygen atoms in total. The SMILES string of the molecule is CC1(C)OB(c2cc3c(cc2F)c([C@H](NS(=O)(=O)C2CC2)C(F)F)cn3C2CCC2)OC1(C)C. The molecule has 0 spiro atoms.